The van der Waals surface area contributed by atoms with Crippen molar-refractivity contribution in [2.45, 2.75) is 44.7 Å². The number of anilines is 1. The number of aliphatic hydroxyl groups excluding tert-OH is 2. The number of ether oxygens (including phenoxy) is 1. The van der Waals surface area contributed by atoms with Crippen molar-refractivity contribution in [1.29, 1.82) is 5.26 Å². The summed E-state index contributed by atoms with van der Waals surface area (Å²) in [6.45, 7) is 3.43. The first-order valence-electron chi connectivity index (χ1n) is 9.68. The number of halogens is 1. The summed E-state index contributed by atoms with van der Waals surface area (Å²) in [7, 11) is 0. The van der Waals surface area contributed by atoms with Crippen LogP contribution in [0.4, 0.5) is 5.69 Å². The van der Waals surface area contributed by atoms with E-state index in [1.165, 1.54) is 0 Å². The van der Waals surface area contributed by atoms with Gasteiger partial charge in [-0.3, -0.25) is 0 Å². The molecule has 0 aliphatic carbocycles. The van der Waals surface area contributed by atoms with Crippen molar-refractivity contribution in [2.24, 2.45) is 0 Å². The lowest BCUT2D eigenvalue weighted by atomic mass is 9.84. The van der Waals surface area contributed by atoms with Gasteiger partial charge < -0.3 is 24.4 Å². The van der Waals surface area contributed by atoms with E-state index in [-0.39, 0.29) is 24.9 Å². The second kappa shape index (κ2) is 8.19. The number of hydrogen-bond donors (Lipinski definition) is 2. The molecule has 31 heavy (non-hydrogen) atoms. The highest BCUT2D eigenvalue weighted by Gasteiger charge is 2.46. The highest BCUT2D eigenvalue weighted by molar-refractivity contribution is 6.30. The Bertz CT molecular complexity index is 1120. The molecule has 0 spiro atoms. The lowest BCUT2D eigenvalue weighted by molar-refractivity contribution is -0.0592. The third-order valence-electron chi connectivity index (χ3n) is 5.29. The van der Waals surface area contributed by atoms with Gasteiger partial charge in [0.05, 0.1) is 24.2 Å². The van der Waals surface area contributed by atoms with Crippen LogP contribution in [0.5, 0.6) is 5.75 Å². The molecule has 2 aromatic carbocycles. The average molecular weight is 441 g/mol. The van der Waals surface area contributed by atoms with Crippen LogP contribution in [0.2, 0.25) is 5.02 Å². The van der Waals surface area contributed by atoms with Crippen LogP contribution in [-0.4, -0.2) is 32.1 Å². The fraction of sp³-hybridized carbons (Fsp3) is 0.318. The summed E-state index contributed by atoms with van der Waals surface area (Å²) in [4.78, 5) is 6.10. The summed E-state index contributed by atoms with van der Waals surface area (Å²) >= 11 is 6.09. The smallest absolute Gasteiger partial charge is 0.246 e. The molecular weight excluding hydrogens is 420 g/mol. The molecule has 8 nitrogen and oxygen atoms in total. The van der Waals surface area contributed by atoms with E-state index < -0.39 is 17.7 Å². The number of nitriles is 1. The highest BCUT2D eigenvalue weighted by atomic mass is 35.5. The first kappa shape index (κ1) is 21.1. The molecule has 9 heteroatoms. The predicted octanol–water partition coefficient (Wildman–Crippen LogP) is 3.37. The molecule has 1 aliphatic rings. The van der Waals surface area contributed by atoms with Gasteiger partial charge in [-0.15, -0.1) is 0 Å². The zero-order valence-corrected chi connectivity index (χ0v) is 17.7. The van der Waals surface area contributed by atoms with E-state index in [2.05, 4.69) is 16.2 Å². The Morgan fingerprint density at radius 3 is 2.61 bits per heavy atom. The van der Waals surface area contributed by atoms with Gasteiger partial charge in [0.2, 0.25) is 5.89 Å². The molecule has 2 heterocycles. The van der Waals surface area contributed by atoms with Crippen LogP contribution in [0.25, 0.3) is 0 Å². The van der Waals surface area contributed by atoms with Crippen molar-refractivity contribution < 1.29 is 19.5 Å². The zero-order valence-electron chi connectivity index (χ0n) is 17.0. The van der Waals surface area contributed by atoms with E-state index >= 15 is 0 Å². The van der Waals surface area contributed by atoms with Gasteiger partial charge in [0.25, 0.3) is 0 Å². The third-order valence-corrected chi connectivity index (χ3v) is 5.55. The van der Waals surface area contributed by atoms with E-state index in [9.17, 15) is 15.5 Å². The molecule has 0 amide bonds. The van der Waals surface area contributed by atoms with Crippen molar-refractivity contribution in [3.63, 3.8) is 0 Å². The van der Waals surface area contributed by atoms with Gasteiger partial charge in [0.15, 0.2) is 5.82 Å². The van der Waals surface area contributed by atoms with E-state index in [1.807, 2.05) is 30.9 Å². The molecule has 4 rings (SSSR count). The first-order valence-corrected chi connectivity index (χ1v) is 10.1. The van der Waals surface area contributed by atoms with Gasteiger partial charge >= 0.3 is 0 Å². The lowest BCUT2D eigenvalue weighted by Crippen LogP contribution is -2.53. The molecule has 0 saturated heterocycles. The molecule has 0 saturated carbocycles. The molecule has 0 fully saturated rings. The molecule has 1 aromatic heterocycles. The van der Waals surface area contributed by atoms with Crippen molar-refractivity contribution in [2.75, 3.05) is 4.90 Å². The monoisotopic (exact) mass is 440 g/mol. The Morgan fingerprint density at radius 2 is 1.97 bits per heavy atom. The summed E-state index contributed by atoms with van der Waals surface area (Å²) in [5, 5.41) is 34.3. The Hall–Kier alpha value is -3.12. The fourth-order valence-corrected chi connectivity index (χ4v) is 3.85. The van der Waals surface area contributed by atoms with Gasteiger partial charge in [-0.25, -0.2) is 0 Å². The topological polar surface area (TPSA) is 116 Å². The minimum absolute atomic E-state index is 0.155. The summed E-state index contributed by atoms with van der Waals surface area (Å²) in [6, 6.07) is 13.8. The number of hydrogen-bond acceptors (Lipinski definition) is 8. The Kier molecular flexibility index (Phi) is 5.58. The number of aliphatic hydroxyl groups is 2. The Balaban J connectivity index is 1.86. The maximum Gasteiger partial charge on any atom is 0.246 e. The minimum atomic E-state index is -0.954. The van der Waals surface area contributed by atoms with Crippen LogP contribution in [0, 0.1) is 11.3 Å². The normalized spacial score (nSPS) is 19.2. The fourth-order valence-electron chi connectivity index (χ4n) is 3.72. The number of aromatic nitrogens is 2. The summed E-state index contributed by atoms with van der Waals surface area (Å²) < 4.78 is 11.3. The molecule has 0 unspecified atom stereocenters. The van der Waals surface area contributed by atoms with E-state index in [0.717, 1.165) is 5.69 Å². The maximum atomic E-state index is 11.3. The highest BCUT2D eigenvalue weighted by Crippen LogP contribution is 2.45. The van der Waals surface area contributed by atoms with Gasteiger partial charge in [0, 0.05) is 16.3 Å². The lowest BCUT2D eigenvalue weighted by Gasteiger charge is -2.46. The quantitative estimate of drug-likeness (QED) is 0.620. The summed E-state index contributed by atoms with van der Waals surface area (Å²) in [5.74, 6) is 1.03. The van der Waals surface area contributed by atoms with Gasteiger partial charge in [-0.05, 0) is 56.3 Å². The summed E-state index contributed by atoms with van der Waals surface area (Å²) in [6.07, 6.45) is -0.954. The van der Waals surface area contributed by atoms with Crippen LogP contribution in [0.15, 0.2) is 47.0 Å². The molecule has 0 radical (unpaired) electrons. The number of fused-ring (bicyclic) bond motifs is 1. The number of benzene rings is 2. The van der Waals surface area contributed by atoms with Crippen molar-refractivity contribution in [3.05, 3.63) is 70.3 Å². The Labute approximate surface area is 184 Å². The van der Waals surface area contributed by atoms with E-state index in [0.29, 0.717) is 21.9 Å². The molecule has 1 aliphatic heterocycles. The predicted molar refractivity (Wildman–Crippen MR) is 112 cm³/mol. The van der Waals surface area contributed by atoms with Crippen molar-refractivity contribution in [1.82, 2.24) is 10.1 Å². The first-order chi connectivity index (χ1) is 14.8. The van der Waals surface area contributed by atoms with Crippen LogP contribution in [0.1, 0.15) is 42.7 Å². The Morgan fingerprint density at radius 1 is 1.23 bits per heavy atom. The van der Waals surface area contributed by atoms with Gasteiger partial charge in [-0.2, -0.15) is 10.2 Å². The van der Waals surface area contributed by atoms with Crippen LogP contribution < -0.4 is 9.64 Å². The molecule has 160 valence electrons. The second-order valence-corrected chi connectivity index (χ2v) is 8.26. The standard InChI is InChI=1S/C22H21ClN4O4/c1-22(2)21(29)20(16-9-13(10-24)3-8-17(16)30-22)27(15-6-4-14(23)5-7-15)11-19-25-18(12-28)26-31-19/h3-9,20-21,28-29H,11-12H2,1-2H3/t20-,21+/m0/s1. The van der Waals surface area contributed by atoms with Crippen LogP contribution >= 0.6 is 11.6 Å². The largest absolute Gasteiger partial charge is 0.485 e. The zero-order chi connectivity index (χ0) is 22.2. The van der Waals surface area contributed by atoms with Crippen molar-refractivity contribution in [3.8, 4) is 11.8 Å². The second-order valence-electron chi connectivity index (χ2n) is 7.83. The van der Waals surface area contributed by atoms with Gasteiger partial charge in [-0.1, -0.05) is 16.8 Å². The van der Waals surface area contributed by atoms with Crippen LogP contribution in [0.3, 0.4) is 0 Å². The number of rotatable bonds is 5. The summed E-state index contributed by atoms with van der Waals surface area (Å²) in [5.41, 5.74) is 0.975. The van der Waals surface area contributed by atoms with Crippen LogP contribution in [-0.2, 0) is 13.2 Å². The maximum absolute atomic E-state index is 11.3. The third kappa shape index (κ3) is 4.08. The van der Waals surface area contributed by atoms with E-state index in [4.69, 9.17) is 20.9 Å². The average Bonchev–Trinajstić information content (AvgIpc) is 3.21. The molecule has 2 N–H and O–H groups in total. The number of nitrogens with zero attached hydrogens (tertiary/aromatic N) is 4. The van der Waals surface area contributed by atoms with E-state index in [1.54, 1.807) is 30.3 Å². The molecule has 2 atom stereocenters. The SMILES string of the molecule is CC1(C)Oc2ccc(C#N)cc2[C@H](N(Cc2nc(CO)no2)c2ccc(Cl)cc2)[C@H]1O. The van der Waals surface area contributed by atoms with Gasteiger partial charge in [0.1, 0.15) is 24.1 Å². The molecule has 3 aromatic rings. The van der Waals surface area contributed by atoms with Crippen molar-refractivity contribution >= 4 is 17.3 Å². The minimum Gasteiger partial charge on any atom is -0.485 e. The molecular formula is C22H21ClN4O4. The molecule has 0 bridgehead atoms.